The van der Waals surface area contributed by atoms with Gasteiger partial charge in [0.1, 0.15) is 5.52 Å². The maximum Gasteiger partial charge on any atom is 0.337 e. The van der Waals surface area contributed by atoms with Crippen molar-refractivity contribution in [1.82, 2.24) is 4.98 Å². The highest BCUT2D eigenvalue weighted by Crippen LogP contribution is 2.33. The Morgan fingerprint density at radius 3 is 2.66 bits per heavy atom. The van der Waals surface area contributed by atoms with Crippen LogP contribution in [0.5, 0.6) is 0 Å². The number of rotatable bonds is 4. The summed E-state index contributed by atoms with van der Waals surface area (Å²) < 4.78 is 10.6. The molecule has 0 saturated carbocycles. The number of carbonyl (C=O) groups is 1. The van der Waals surface area contributed by atoms with Crippen molar-refractivity contribution < 1.29 is 13.9 Å². The summed E-state index contributed by atoms with van der Waals surface area (Å²) in [7, 11) is 1.36. The van der Waals surface area contributed by atoms with Crippen LogP contribution in [0.4, 0.5) is 5.69 Å². The zero-order chi connectivity index (χ0) is 20.4. The number of aromatic nitrogens is 1. The Balaban J connectivity index is 1.62. The normalized spacial score (nSPS) is 11.3. The van der Waals surface area contributed by atoms with Crippen molar-refractivity contribution in [3.05, 3.63) is 82.4 Å². The lowest BCUT2D eigenvalue weighted by atomic mass is 10.1. The second-order valence-corrected chi connectivity index (χ2v) is 6.93. The molecule has 1 heterocycles. The van der Waals surface area contributed by atoms with Gasteiger partial charge >= 0.3 is 5.97 Å². The number of hydrogen-bond donors (Lipinski definition) is 0. The number of esters is 1. The molecule has 4 rings (SSSR count). The first-order chi connectivity index (χ1) is 14.0. The summed E-state index contributed by atoms with van der Waals surface area (Å²) in [5, 5.41) is 0.537. The van der Waals surface area contributed by atoms with Gasteiger partial charge in [0.05, 0.1) is 28.9 Å². The minimum Gasteiger partial charge on any atom is -0.465 e. The molecule has 29 heavy (non-hydrogen) atoms. The van der Waals surface area contributed by atoms with Crippen LogP contribution < -0.4 is 0 Å². The molecule has 0 bridgehead atoms. The van der Waals surface area contributed by atoms with Crippen LogP contribution in [0, 0.1) is 6.92 Å². The first-order valence-electron chi connectivity index (χ1n) is 8.93. The molecule has 0 aliphatic heterocycles. The van der Waals surface area contributed by atoms with E-state index >= 15 is 0 Å². The molecule has 6 heteroatoms. The smallest absolute Gasteiger partial charge is 0.337 e. The van der Waals surface area contributed by atoms with Gasteiger partial charge in [-0.1, -0.05) is 29.8 Å². The molecular weight excluding hydrogens is 388 g/mol. The maximum atomic E-state index is 11.5. The van der Waals surface area contributed by atoms with E-state index in [-0.39, 0.29) is 5.97 Å². The molecule has 5 nitrogen and oxygen atoms in total. The number of aliphatic imine (C=N–C) groups is 1. The Morgan fingerprint density at radius 1 is 1.10 bits per heavy atom. The van der Waals surface area contributed by atoms with Crippen LogP contribution in [-0.2, 0) is 4.74 Å². The van der Waals surface area contributed by atoms with Gasteiger partial charge in [0.2, 0.25) is 5.89 Å². The van der Waals surface area contributed by atoms with E-state index in [2.05, 4.69) is 9.98 Å². The molecule has 3 aromatic carbocycles. The number of aryl methyl sites for hydroxylation is 1. The Hall–Kier alpha value is -3.44. The van der Waals surface area contributed by atoms with Crippen molar-refractivity contribution in [1.29, 1.82) is 0 Å². The molecule has 0 spiro atoms. The number of nitrogens with zero attached hydrogens (tertiary/aromatic N) is 2. The van der Waals surface area contributed by atoms with Crippen molar-refractivity contribution in [3.63, 3.8) is 0 Å². The van der Waals surface area contributed by atoms with E-state index in [0.717, 1.165) is 22.2 Å². The van der Waals surface area contributed by atoms with E-state index in [1.165, 1.54) is 7.11 Å². The summed E-state index contributed by atoms with van der Waals surface area (Å²) >= 11 is 6.37. The van der Waals surface area contributed by atoms with E-state index < -0.39 is 0 Å². The minimum atomic E-state index is -0.371. The van der Waals surface area contributed by atoms with Crippen molar-refractivity contribution >= 4 is 40.6 Å². The van der Waals surface area contributed by atoms with Gasteiger partial charge in [0.15, 0.2) is 5.58 Å². The lowest BCUT2D eigenvalue weighted by molar-refractivity contribution is 0.0600. The SMILES string of the molecule is COC(=O)c1ccc(C=Nc2ccc(Cl)c(-c3nc4ccc(C)cc4o3)c2)cc1. The van der Waals surface area contributed by atoms with E-state index in [1.807, 2.05) is 37.3 Å². The van der Waals surface area contributed by atoms with Gasteiger partial charge in [-0.2, -0.15) is 0 Å². The lowest BCUT2D eigenvalue weighted by Crippen LogP contribution is -2.00. The van der Waals surface area contributed by atoms with Crippen LogP contribution >= 0.6 is 11.6 Å². The number of methoxy groups -OCH3 is 1. The van der Waals surface area contributed by atoms with Gasteiger partial charge in [0, 0.05) is 6.21 Å². The van der Waals surface area contributed by atoms with Gasteiger partial charge in [-0.25, -0.2) is 9.78 Å². The summed E-state index contributed by atoms with van der Waals surface area (Å²) in [4.78, 5) is 20.5. The van der Waals surface area contributed by atoms with Crippen LogP contribution in [0.2, 0.25) is 5.02 Å². The van der Waals surface area contributed by atoms with Crippen molar-refractivity contribution in [2.45, 2.75) is 6.92 Å². The average Bonchev–Trinajstić information content (AvgIpc) is 3.16. The summed E-state index contributed by atoms with van der Waals surface area (Å²) in [5.74, 6) is 0.0828. The van der Waals surface area contributed by atoms with Gasteiger partial charge in [0.25, 0.3) is 0 Å². The molecular formula is C23H17ClN2O3. The first kappa shape index (κ1) is 18.9. The van der Waals surface area contributed by atoms with E-state index in [4.69, 9.17) is 20.8 Å². The average molecular weight is 405 g/mol. The summed E-state index contributed by atoms with van der Waals surface area (Å²) in [6.45, 7) is 2.00. The number of halogens is 1. The second kappa shape index (κ2) is 7.89. The minimum absolute atomic E-state index is 0.371. The number of ether oxygens (including phenoxy) is 1. The Bertz CT molecular complexity index is 1230. The zero-order valence-corrected chi connectivity index (χ0v) is 16.6. The van der Waals surface area contributed by atoms with Crippen LogP contribution in [0.3, 0.4) is 0 Å². The highest BCUT2D eigenvalue weighted by atomic mass is 35.5. The zero-order valence-electron chi connectivity index (χ0n) is 15.8. The Kier molecular flexibility index (Phi) is 5.14. The van der Waals surface area contributed by atoms with Crippen LogP contribution in [-0.4, -0.2) is 24.3 Å². The summed E-state index contributed by atoms with van der Waals surface area (Å²) in [5.41, 5.74) is 5.33. The number of oxazole rings is 1. The fourth-order valence-electron chi connectivity index (χ4n) is 2.88. The second-order valence-electron chi connectivity index (χ2n) is 6.53. The molecule has 144 valence electrons. The number of benzene rings is 3. The fourth-order valence-corrected chi connectivity index (χ4v) is 3.08. The number of carbonyl (C=O) groups excluding carboxylic acids is 1. The predicted octanol–water partition coefficient (Wildman–Crippen LogP) is 5.99. The van der Waals surface area contributed by atoms with Crippen LogP contribution in [0.15, 0.2) is 70.1 Å². The van der Waals surface area contributed by atoms with E-state index in [9.17, 15) is 4.79 Å². The third-order valence-corrected chi connectivity index (χ3v) is 4.75. The molecule has 0 atom stereocenters. The molecule has 0 aliphatic carbocycles. The predicted molar refractivity (Wildman–Crippen MR) is 114 cm³/mol. The summed E-state index contributed by atoms with van der Waals surface area (Å²) in [6, 6.07) is 18.3. The van der Waals surface area contributed by atoms with E-state index in [0.29, 0.717) is 27.7 Å². The first-order valence-corrected chi connectivity index (χ1v) is 9.31. The molecule has 0 unspecified atom stereocenters. The molecule has 0 amide bonds. The van der Waals surface area contributed by atoms with Gasteiger partial charge < -0.3 is 9.15 Å². The molecule has 0 N–H and O–H groups in total. The Labute approximate surface area is 172 Å². The lowest BCUT2D eigenvalue weighted by Gasteiger charge is -2.02. The molecule has 0 fully saturated rings. The van der Waals surface area contributed by atoms with Gasteiger partial charge in [-0.05, 0) is 60.5 Å². The third kappa shape index (κ3) is 4.05. The summed E-state index contributed by atoms with van der Waals surface area (Å²) in [6.07, 6.45) is 1.71. The van der Waals surface area contributed by atoms with Crippen molar-refractivity contribution in [3.8, 4) is 11.5 Å². The topological polar surface area (TPSA) is 64.7 Å². The number of hydrogen-bond acceptors (Lipinski definition) is 5. The molecule has 0 radical (unpaired) electrons. The monoisotopic (exact) mass is 404 g/mol. The highest BCUT2D eigenvalue weighted by molar-refractivity contribution is 6.33. The van der Waals surface area contributed by atoms with Gasteiger partial charge in [-0.3, -0.25) is 4.99 Å². The largest absolute Gasteiger partial charge is 0.465 e. The fraction of sp³-hybridized carbons (Fsp3) is 0.0870. The molecule has 4 aromatic rings. The van der Waals surface area contributed by atoms with Crippen molar-refractivity contribution in [2.24, 2.45) is 4.99 Å². The highest BCUT2D eigenvalue weighted by Gasteiger charge is 2.12. The molecule has 0 saturated heterocycles. The van der Waals surface area contributed by atoms with Crippen LogP contribution in [0.25, 0.3) is 22.6 Å². The van der Waals surface area contributed by atoms with Gasteiger partial charge in [-0.15, -0.1) is 0 Å². The van der Waals surface area contributed by atoms with E-state index in [1.54, 1.807) is 36.5 Å². The number of fused-ring (bicyclic) bond motifs is 1. The quantitative estimate of drug-likeness (QED) is 0.309. The Morgan fingerprint density at radius 2 is 1.90 bits per heavy atom. The molecule has 0 aliphatic rings. The van der Waals surface area contributed by atoms with Crippen LogP contribution in [0.1, 0.15) is 21.5 Å². The standard InChI is InChI=1S/C23H17ClN2O3/c1-14-3-10-20-21(11-14)29-22(26-20)18-12-17(8-9-19(18)24)25-13-15-4-6-16(7-5-15)23(27)28-2/h3-13H,1-2H3. The molecule has 1 aromatic heterocycles. The third-order valence-electron chi connectivity index (χ3n) is 4.42. The van der Waals surface area contributed by atoms with Crippen molar-refractivity contribution in [2.75, 3.05) is 7.11 Å². The maximum absolute atomic E-state index is 11.5.